The SMILES string of the molecule is CCc1nn(C)cc1C(=O)Nc1cc(C#N)ccc1C. The molecule has 0 aliphatic rings. The van der Waals surface area contributed by atoms with Crippen molar-refractivity contribution in [2.24, 2.45) is 7.05 Å². The fraction of sp³-hybridized carbons (Fsp3) is 0.267. The molecule has 2 aromatic rings. The highest BCUT2D eigenvalue weighted by Crippen LogP contribution is 2.18. The number of nitrogens with zero attached hydrogens (tertiary/aromatic N) is 3. The summed E-state index contributed by atoms with van der Waals surface area (Å²) in [5.74, 6) is -0.201. The van der Waals surface area contributed by atoms with Crippen molar-refractivity contribution < 1.29 is 4.79 Å². The first-order valence-corrected chi connectivity index (χ1v) is 6.39. The Morgan fingerprint density at radius 2 is 2.25 bits per heavy atom. The van der Waals surface area contributed by atoms with Gasteiger partial charge in [-0.25, -0.2) is 0 Å². The van der Waals surface area contributed by atoms with Gasteiger partial charge in [-0.2, -0.15) is 10.4 Å². The minimum absolute atomic E-state index is 0.201. The Balaban J connectivity index is 2.30. The van der Waals surface area contributed by atoms with E-state index >= 15 is 0 Å². The Labute approximate surface area is 117 Å². The van der Waals surface area contributed by atoms with E-state index in [0.717, 1.165) is 11.3 Å². The Morgan fingerprint density at radius 3 is 2.90 bits per heavy atom. The number of aromatic nitrogens is 2. The molecular formula is C15H16N4O. The van der Waals surface area contributed by atoms with Gasteiger partial charge in [0.25, 0.3) is 5.91 Å². The third-order valence-electron chi connectivity index (χ3n) is 3.10. The summed E-state index contributed by atoms with van der Waals surface area (Å²) in [6.45, 7) is 3.85. The van der Waals surface area contributed by atoms with Crippen LogP contribution in [0.2, 0.25) is 0 Å². The largest absolute Gasteiger partial charge is 0.322 e. The summed E-state index contributed by atoms with van der Waals surface area (Å²) in [5.41, 5.74) is 3.42. The maximum absolute atomic E-state index is 12.3. The smallest absolute Gasteiger partial charge is 0.259 e. The second-order valence-electron chi connectivity index (χ2n) is 4.61. The van der Waals surface area contributed by atoms with Crippen LogP contribution in [0.4, 0.5) is 5.69 Å². The second-order valence-corrected chi connectivity index (χ2v) is 4.61. The molecule has 0 spiro atoms. The molecule has 5 heteroatoms. The summed E-state index contributed by atoms with van der Waals surface area (Å²) in [6.07, 6.45) is 2.40. The zero-order valence-electron chi connectivity index (χ0n) is 11.8. The lowest BCUT2D eigenvalue weighted by atomic mass is 10.1. The van der Waals surface area contributed by atoms with Gasteiger partial charge >= 0.3 is 0 Å². The van der Waals surface area contributed by atoms with Crippen LogP contribution in [0, 0.1) is 18.3 Å². The number of aryl methyl sites for hydroxylation is 3. The summed E-state index contributed by atoms with van der Waals surface area (Å²) >= 11 is 0. The van der Waals surface area contributed by atoms with Gasteiger partial charge in [-0.3, -0.25) is 9.48 Å². The number of rotatable bonds is 3. The minimum atomic E-state index is -0.201. The molecule has 5 nitrogen and oxygen atoms in total. The van der Waals surface area contributed by atoms with Crippen LogP contribution in [0.15, 0.2) is 24.4 Å². The van der Waals surface area contributed by atoms with Gasteiger partial charge in [-0.1, -0.05) is 13.0 Å². The standard InChI is InChI=1S/C15H16N4O/c1-4-13-12(9-19(3)18-13)15(20)17-14-7-11(8-16)6-5-10(14)2/h5-7,9H,4H2,1-3H3,(H,17,20). The van der Waals surface area contributed by atoms with Gasteiger partial charge < -0.3 is 5.32 Å². The van der Waals surface area contributed by atoms with Crippen LogP contribution in [0.1, 0.15) is 34.1 Å². The van der Waals surface area contributed by atoms with E-state index in [-0.39, 0.29) is 5.91 Å². The molecule has 0 saturated carbocycles. The summed E-state index contributed by atoms with van der Waals surface area (Å²) in [6, 6.07) is 7.29. The van der Waals surface area contributed by atoms with Gasteiger partial charge in [-0.15, -0.1) is 0 Å². The van der Waals surface area contributed by atoms with Crippen LogP contribution in [0.3, 0.4) is 0 Å². The van der Waals surface area contributed by atoms with Crippen molar-refractivity contribution in [2.45, 2.75) is 20.3 Å². The van der Waals surface area contributed by atoms with Crippen LogP contribution >= 0.6 is 0 Å². The van der Waals surface area contributed by atoms with E-state index in [1.807, 2.05) is 19.9 Å². The average molecular weight is 268 g/mol. The van der Waals surface area contributed by atoms with E-state index in [2.05, 4.69) is 16.5 Å². The zero-order valence-corrected chi connectivity index (χ0v) is 11.8. The first-order valence-electron chi connectivity index (χ1n) is 6.39. The molecule has 0 radical (unpaired) electrons. The number of amides is 1. The molecule has 1 aromatic carbocycles. The molecule has 2 rings (SSSR count). The lowest BCUT2D eigenvalue weighted by Gasteiger charge is -2.08. The predicted octanol–water partition coefficient (Wildman–Crippen LogP) is 2.41. The van der Waals surface area contributed by atoms with Crippen LogP contribution in [0.5, 0.6) is 0 Å². The van der Waals surface area contributed by atoms with Crippen molar-refractivity contribution in [1.82, 2.24) is 9.78 Å². The number of benzene rings is 1. The maximum Gasteiger partial charge on any atom is 0.259 e. The van der Waals surface area contributed by atoms with Gasteiger partial charge in [0.15, 0.2) is 0 Å². The molecule has 0 atom stereocenters. The van der Waals surface area contributed by atoms with Crippen molar-refractivity contribution in [3.8, 4) is 6.07 Å². The van der Waals surface area contributed by atoms with Gasteiger partial charge in [0.05, 0.1) is 22.9 Å². The molecule has 0 unspecified atom stereocenters. The lowest BCUT2D eigenvalue weighted by molar-refractivity contribution is 0.102. The molecule has 0 aliphatic carbocycles. The van der Waals surface area contributed by atoms with E-state index in [9.17, 15) is 4.79 Å². The average Bonchev–Trinajstić information content (AvgIpc) is 2.82. The third-order valence-corrected chi connectivity index (χ3v) is 3.10. The van der Waals surface area contributed by atoms with E-state index in [4.69, 9.17) is 5.26 Å². The lowest BCUT2D eigenvalue weighted by Crippen LogP contribution is -2.14. The highest BCUT2D eigenvalue weighted by molar-refractivity contribution is 6.05. The highest BCUT2D eigenvalue weighted by Gasteiger charge is 2.15. The number of hydrogen-bond acceptors (Lipinski definition) is 3. The van der Waals surface area contributed by atoms with Gasteiger partial charge in [-0.05, 0) is 31.0 Å². The summed E-state index contributed by atoms with van der Waals surface area (Å²) < 4.78 is 1.63. The third kappa shape index (κ3) is 2.69. The number of anilines is 1. The van der Waals surface area contributed by atoms with E-state index in [0.29, 0.717) is 23.2 Å². The number of nitriles is 1. The number of hydrogen-bond donors (Lipinski definition) is 1. The van der Waals surface area contributed by atoms with Crippen LogP contribution < -0.4 is 5.32 Å². The number of carbonyl (C=O) groups excluding carboxylic acids is 1. The Bertz CT molecular complexity index is 694. The topological polar surface area (TPSA) is 70.7 Å². The Morgan fingerprint density at radius 1 is 1.50 bits per heavy atom. The molecule has 20 heavy (non-hydrogen) atoms. The Hall–Kier alpha value is -2.61. The summed E-state index contributed by atoms with van der Waals surface area (Å²) in [5, 5.41) is 16.0. The van der Waals surface area contributed by atoms with Crippen molar-refractivity contribution in [3.63, 3.8) is 0 Å². The molecule has 102 valence electrons. The number of carbonyl (C=O) groups is 1. The summed E-state index contributed by atoms with van der Waals surface area (Å²) in [7, 11) is 1.79. The normalized spacial score (nSPS) is 10.1. The minimum Gasteiger partial charge on any atom is -0.322 e. The molecule has 0 bridgehead atoms. The highest BCUT2D eigenvalue weighted by atomic mass is 16.1. The van der Waals surface area contributed by atoms with Crippen LogP contribution in [-0.4, -0.2) is 15.7 Å². The van der Waals surface area contributed by atoms with Gasteiger partial charge in [0.1, 0.15) is 0 Å². The molecule has 1 amide bonds. The maximum atomic E-state index is 12.3. The Kier molecular flexibility index (Phi) is 3.85. The zero-order chi connectivity index (χ0) is 14.7. The molecule has 0 saturated heterocycles. The molecule has 0 aliphatic heterocycles. The molecular weight excluding hydrogens is 252 g/mol. The first kappa shape index (κ1) is 13.8. The molecule has 0 fully saturated rings. The quantitative estimate of drug-likeness (QED) is 0.929. The van der Waals surface area contributed by atoms with Crippen molar-refractivity contribution in [1.29, 1.82) is 5.26 Å². The predicted molar refractivity (Wildman–Crippen MR) is 76.4 cm³/mol. The molecule has 1 aromatic heterocycles. The number of nitrogens with one attached hydrogen (secondary N) is 1. The van der Waals surface area contributed by atoms with Crippen molar-refractivity contribution in [3.05, 3.63) is 46.8 Å². The summed E-state index contributed by atoms with van der Waals surface area (Å²) in [4.78, 5) is 12.3. The van der Waals surface area contributed by atoms with Gasteiger partial charge in [0, 0.05) is 18.9 Å². The second kappa shape index (κ2) is 5.57. The van der Waals surface area contributed by atoms with Crippen molar-refractivity contribution >= 4 is 11.6 Å². The fourth-order valence-electron chi connectivity index (χ4n) is 2.00. The van der Waals surface area contributed by atoms with Crippen LogP contribution in [0.25, 0.3) is 0 Å². The van der Waals surface area contributed by atoms with Crippen molar-refractivity contribution in [2.75, 3.05) is 5.32 Å². The van der Waals surface area contributed by atoms with E-state index in [1.165, 1.54) is 0 Å². The van der Waals surface area contributed by atoms with E-state index < -0.39 is 0 Å². The molecule has 1 N–H and O–H groups in total. The van der Waals surface area contributed by atoms with Gasteiger partial charge in [0.2, 0.25) is 0 Å². The monoisotopic (exact) mass is 268 g/mol. The van der Waals surface area contributed by atoms with Crippen LogP contribution in [-0.2, 0) is 13.5 Å². The van der Waals surface area contributed by atoms with E-state index in [1.54, 1.807) is 30.1 Å². The first-order chi connectivity index (χ1) is 9.55. The molecule has 1 heterocycles. The fourth-order valence-corrected chi connectivity index (χ4v) is 2.00.